The van der Waals surface area contributed by atoms with E-state index in [1.54, 1.807) is 12.4 Å². The van der Waals surface area contributed by atoms with E-state index >= 15 is 0 Å². The second-order valence-electron chi connectivity index (χ2n) is 8.25. The summed E-state index contributed by atoms with van der Waals surface area (Å²) in [5, 5.41) is 0. The first kappa shape index (κ1) is 19.3. The molecule has 1 unspecified atom stereocenters. The third kappa shape index (κ3) is 4.12. The van der Waals surface area contributed by atoms with Gasteiger partial charge in [-0.2, -0.15) is 0 Å². The van der Waals surface area contributed by atoms with Gasteiger partial charge in [-0.15, -0.1) is 0 Å². The third-order valence-corrected chi connectivity index (χ3v) is 6.02. The Hall–Kier alpha value is -2.67. The van der Waals surface area contributed by atoms with E-state index in [1.165, 1.54) is 16.7 Å². The van der Waals surface area contributed by atoms with Crippen molar-refractivity contribution in [2.24, 2.45) is 0 Å². The summed E-state index contributed by atoms with van der Waals surface area (Å²) < 4.78 is 5.89. The lowest BCUT2D eigenvalue weighted by atomic mass is 10.0. The number of fused-ring (bicyclic) bond motifs is 2. The summed E-state index contributed by atoms with van der Waals surface area (Å²) in [4.78, 5) is 15.1. The predicted molar refractivity (Wildman–Crippen MR) is 118 cm³/mol. The van der Waals surface area contributed by atoms with Crippen LogP contribution in [0.4, 0.5) is 0 Å². The van der Waals surface area contributed by atoms with Gasteiger partial charge in [-0.1, -0.05) is 42.0 Å². The fraction of sp³-hybridized carbons (Fsp3) is 0.375. The molecule has 0 aliphatic carbocycles. The number of benzene rings is 1. The summed E-state index contributed by atoms with van der Waals surface area (Å²) in [5.41, 5.74) is 9.12. The van der Waals surface area contributed by atoms with E-state index in [1.807, 2.05) is 6.07 Å². The molecular weight excluding hydrogens is 376 g/mol. The van der Waals surface area contributed by atoms with Crippen LogP contribution in [0.1, 0.15) is 18.1 Å². The molecule has 0 saturated carbocycles. The minimum absolute atomic E-state index is 0.0348. The van der Waals surface area contributed by atoms with Crippen molar-refractivity contribution in [1.82, 2.24) is 20.3 Å². The standard InChI is InChI=1S/C24H28N4O2/c1-18(13-19-5-3-2-4-6-19)15-27-9-11-28(12-10-27)16-23-21-17-29-22-14-25-8-7-20(22)24(21)26-30-23/h2-8,13-14,23,26H,9-12,15-17H2,1H3. The quantitative estimate of drug-likeness (QED) is 0.827. The van der Waals surface area contributed by atoms with Crippen molar-refractivity contribution in [3.05, 3.63) is 71.1 Å². The maximum absolute atomic E-state index is 5.93. The molecule has 0 bridgehead atoms. The van der Waals surface area contributed by atoms with Crippen LogP contribution in [0.15, 0.2) is 59.9 Å². The molecule has 4 heterocycles. The van der Waals surface area contributed by atoms with Gasteiger partial charge in [-0.25, -0.2) is 0 Å². The van der Waals surface area contributed by atoms with E-state index in [0.29, 0.717) is 6.61 Å². The van der Waals surface area contributed by atoms with E-state index in [-0.39, 0.29) is 6.10 Å². The molecule has 1 N–H and O–H groups in total. The fourth-order valence-electron chi connectivity index (χ4n) is 4.42. The maximum atomic E-state index is 5.93. The highest BCUT2D eigenvalue weighted by atomic mass is 16.7. The Bertz CT molecular complexity index is 949. The highest BCUT2D eigenvalue weighted by molar-refractivity contribution is 5.74. The molecule has 0 amide bonds. The van der Waals surface area contributed by atoms with Crippen molar-refractivity contribution in [2.75, 3.05) is 45.9 Å². The number of hydrogen-bond acceptors (Lipinski definition) is 6. The van der Waals surface area contributed by atoms with Gasteiger partial charge in [0.15, 0.2) is 0 Å². The van der Waals surface area contributed by atoms with Gasteiger partial charge in [0.05, 0.1) is 11.9 Å². The van der Waals surface area contributed by atoms with Gasteiger partial charge in [-0.05, 0) is 18.6 Å². The molecule has 1 saturated heterocycles. The molecule has 5 rings (SSSR count). The highest BCUT2D eigenvalue weighted by Gasteiger charge is 2.34. The van der Waals surface area contributed by atoms with Crippen molar-refractivity contribution in [1.29, 1.82) is 0 Å². The van der Waals surface area contributed by atoms with E-state index in [2.05, 4.69) is 63.6 Å². The summed E-state index contributed by atoms with van der Waals surface area (Å²) in [5.74, 6) is 0.820. The van der Waals surface area contributed by atoms with E-state index in [0.717, 1.165) is 56.3 Å². The molecule has 3 aliphatic heterocycles. The molecule has 1 aromatic carbocycles. The lowest BCUT2D eigenvalue weighted by molar-refractivity contribution is 0.0118. The summed E-state index contributed by atoms with van der Waals surface area (Å²) in [6.45, 7) is 8.98. The van der Waals surface area contributed by atoms with Gasteiger partial charge in [0.2, 0.25) is 0 Å². The number of nitrogens with one attached hydrogen (secondary N) is 1. The fourth-order valence-corrected chi connectivity index (χ4v) is 4.42. The first-order valence-corrected chi connectivity index (χ1v) is 10.6. The van der Waals surface area contributed by atoms with Gasteiger partial charge in [-0.3, -0.25) is 25.1 Å². The monoisotopic (exact) mass is 404 g/mol. The van der Waals surface area contributed by atoms with Crippen LogP contribution in [0.25, 0.3) is 11.8 Å². The van der Waals surface area contributed by atoms with Crippen molar-refractivity contribution in [3.63, 3.8) is 0 Å². The molecule has 1 aromatic heterocycles. The van der Waals surface area contributed by atoms with E-state index in [9.17, 15) is 0 Å². The van der Waals surface area contributed by atoms with E-state index in [4.69, 9.17) is 9.57 Å². The van der Waals surface area contributed by atoms with Crippen LogP contribution in [0.5, 0.6) is 5.75 Å². The molecule has 2 aromatic rings. The van der Waals surface area contributed by atoms with Crippen LogP contribution in [0.3, 0.4) is 0 Å². The number of ether oxygens (including phenoxy) is 1. The minimum Gasteiger partial charge on any atom is -0.487 e. The number of piperazine rings is 1. The highest BCUT2D eigenvalue weighted by Crippen LogP contribution is 2.35. The first-order chi connectivity index (χ1) is 14.8. The predicted octanol–water partition coefficient (Wildman–Crippen LogP) is 2.81. The zero-order valence-corrected chi connectivity index (χ0v) is 17.4. The van der Waals surface area contributed by atoms with Gasteiger partial charge < -0.3 is 4.74 Å². The van der Waals surface area contributed by atoms with Crippen LogP contribution in [-0.4, -0.2) is 66.8 Å². The Morgan fingerprint density at radius 2 is 1.93 bits per heavy atom. The number of rotatable bonds is 5. The summed E-state index contributed by atoms with van der Waals surface area (Å²) in [6, 6.07) is 12.5. The van der Waals surface area contributed by atoms with Crippen molar-refractivity contribution >= 4 is 11.8 Å². The van der Waals surface area contributed by atoms with Crippen molar-refractivity contribution in [3.8, 4) is 5.75 Å². The molecule has 1 atom stereocenters. The SMILES string of the molecule is CC(=Cc1ccccc1)CN1CCN(CC2ONC3=C2COc2cnccc23)CC1. The van der Waals surface area contributed by atoms with Crippen LogP contribution in [0.2, 0.25) is 0 Å². The third-order valence-electron chi connectivity index (χ3n) is 6.02. The number of hydrogen-bond donors (Lipinski definition) is 1. The first-order valence-electron chi connectivity index (χ1n) is 10.6. The molecule has 3 aliphatic rings. The Labute approximate surface area is 177 Å². The molecule has 0 radical (unpaired) electrons. The average molecular weight is 405 g/mol. The smallest absolute Gasteiger partial charge is 0.147 e. The summed E-state index contributed by atoms with van der Waals surface area (Å²) >= 11 is 0. The minimum atomic E-state index is 0.0348. The number of pyridine rings is 1. The Kier molecular flexibility index (Phi) is 5.53. The Morgan fingerprint density at radius 1 is 1.13 bits per heavy atom. The molecule has 6 heteroatoms. The molecule has 156 valence electrons. The molecular formula is C24H28N4O2. The lowest BCUT2D eigenvalue weighted by Gasteiger charge is -2.36. The second-order valence-corrected chi connectivity index (χ2v) is 8.25. The van der Waals surface area contributed by atoms with Gasteiger partial charge in [0.1, 0.15) is 18.5 Å². The van der Waals surface area contributed by atoms with Gasteiger partial charge in [0.25, 0.3) is 0 Å². The zero-order chi connectivity index (χ0) is 20.3. The zero-order valence-electron chi connectivity index (χ0n) is 17.4. The Balaban J connectivity index is 1.15. The second kappa shape index (κ2) is 8.60. The molecule has 30 heavy (non-hydrogen) atoms. The number of nitrogens with zero attached hydrogens (tertiary/aromatic N) is 3. The lowest BCUT2D eigenvalue weighted by Crippen LogP contribution is -2.49. The molecule has 6 nitrogen and oxygen atoms in total. The number of aromatic nitrogens is 1. The normalized spacial score (nSPS) is 22.3. The van der Waals surface area contributed by atoms with Crippen molar-refractivity contribution in [2.45, 2.75) is 13.0 Å². The molecule has 1 fully saturated rings. The Morgan fingerprint density at radius 3 is 2.77 bits per heavy atom. The van der Waals surface area contributed by atoms with Gasteiger partial charge in [0, 0.05) is 56.6 Å². The van der Waals surface area contributed by atoms with Crippen LogP contribution >= 0.6 is 0 Å². The topological polar surface area (TPSA) is 49.9 Å². The van der Waals surface area contributed by atoms with Crippen LogP contribution < -0.4 is 10.2 Å². The largest absolute Gasteiger partial charge is 0.487 e. The van der Waals surface area contributed by atoms with Gasteiger partial charge >= 0.3 is 0 Å². The van der Waals surface area contributed by atoms with Crippen molar-refractivity contribution < 1.29 is 9.57 Å². The maximum Gasteiger partial charge on any atom is 0.147 e. The van der Waals surface area contributed by atoms with Crippen LogP contribution in [0, 0.1) is 0 Å². The summed E-state index contributed by atoms with van der Waals surface area (Å²) in [6.07, 6.45) is 5.88. The number of hydroxylamine groups is 1. The summed E-state index contributed by atoms with van der Waals surface area (Å²) in [7, 11) is 0. The van der Waals surface area contributed by atoms with E-state index < -0.39 is 0 Å². The molecule has 0 spiro atoms. The van der Waals surface area contributed by atoms with Crippen LogP contribution in [-0.2, 0) is 4.84 Å². The average Bonchev–Trinajstić information content (AvgIpc) is 3.19.